The van der Waals surface area contributed by atoms with E-state index in [0.717, 1.165) is 11.3 Å². The van der Waals surface area contributed by atoms with Gasteiger partial charge < -0.3 is 4.90 Å². The number of hydrogen-bond donors (Lipinski definition) is 0. The van der Waals surface area contributed by atoms with Crippen LogP contribution in [0.2, 0.25) is 0 Å². The Morgan fingerprint density at radius 2 is 1.67 bits per heavy atom. The fraction of sp³-hybridized carbons (Fsp3) is 0.318. The highest BCUT2D eigenvalue weighted by Gasteiger charge is 2.50. The normalized spacial score (nSPS) is 16.2. The molecule has 2 aromatic carbocycles. The summed E-state index contributed by atoms with van der Waals surface area (Å²) in [6.45, 7) is 17.2. The SMILES string of the molecule is [C-]#[N+]c1ccc(N2C(=O)C(C)(C)N(c3ccc(C(C)C)cc3)C2=S)cc1C. The lowest BCUT2D eigenvalue weighted by molar-refractivity contribution is -0.120. The zero-order valence-corrected chi connectivity index (χ0v) is 17.1. The van der Waals surface area contributed by atoms with Gasteiger partial charge in [-0.3, -0.25) is 9.69 Å². The van der Waals surface area contributed by atoms with E-state index in [-0.39, 0.29) is 5.91 Å². The highest BCUT2D eigenvalue weighted by Crippen LogP contribution is 2.37. The molecule has 0 spiro atoms. The van der Waals surface area contributed by atoms with E-state index in [0.29, 0.717) is 22.4 Å². The maximum Gasteiger partial charge on any atom is 0.259 e. The number of amides is 1. The molecule has 0 bridgehead atoms. The molecule has 138 valence electrons. The van der Waals surface area contributed by atoms with Gasteiger partial charge in [-0.2, -0.15) is 0 Å². The summed E-state index contributed by atoms with van der Waals surface area (Å²) in [5, 5.41) is 0.456. The molecule has 0 aromatic heterocycles. The van der Waals surface area contributed by atoms with E-state index in [1.165, 1.54) is 5.56 Å². The van der Waals surface area contributed by atoms with E-state index in [9.17, 15) is 4.79 Å². The highest BCUT2D eigenvalue weighted by molar-refractivity contribution is 7.81. The van der Waals surface area contributed by atoms with Crippen LogP contribution in [0.4, 0.5) is 17.1 Å². The highest BCUT2D eigenvalue weighted by atomic mass is 32.1. The van der Waals surface area contributed by atoms with Crippen molar-refractivity contribution in [3.63, 3.8) is 0 Å². The Labute approximate surface area is 166 Å². The van der Waals surface area contributed by atoms with Crippen molar-refractivity contribution in [2.24, 2.45) is 0 Å². The van der Waals surface area contributed by atoms with Crippen LogP contribution >= 0.6 is 12.2 Å². The summed E-state index contributed by atoms with van der Waals surface area (Å²) in [5.41, 5.74) is 3.47. The molecule has 2 aromatic rings. The minimum absolute atomic E-state index is 0.0737. The standard InChI is InChI=1S/C22H23N3OS/c1-14(2)16-7-9-17(10-8-16)25-21(27)24(20(26)22(25,4)5)18-11-12-19(23-6)15(3)13-18/h7-14H,1-5H3. The number of nitrogens with zero attached hydrogens (tertiary/aromatic N) is 3. The summed E-state index contributed by atoms with van der Waals surface area (Å²) in [6, 6.07) is 13.6. The first-order valence-corrected chi connectivity index (χ1v) is 9.36. The third-order valence-electron chi connectivity index (χ3n) is 5.05. The molecule has 0 saturated carbocycles. The Kier molecular flexibility index (Phi) is 4.79. The number of aryl methyl sites for hydroxylation is 1. The lowest BCUT2D eigenvalue weighted by Gasteiger charge is -2.29. The van der Waals surface area contributed by atoms with Gasteiger partial charge in [-0.05, 0) is 74.3 Å². The van der Waals surface area contributed by atoms with E-state index < -0.39 is 5.54 Å². The van der Waals surface area contributed by atoms with Gasteiger partial charge in [0.1, 0.15) is 5.54 Å². The molecule has 1 fully saturated rings. The number of carbonyl (C=O) groups excluding carboxylic acids is 1. The van der Waals surface area contributed by atoms with Crippen molar-refractivity contribution in [3.8, 4) is 0 Å². The Bertz CT molecular complexity index is 955. The Balaban J connectivity index is 2.03. The number of thiocarbonyl (C=S) groups is 1. The molecule has 0 radical (unpaired) electrons. The van der Waals surface area contributed by atoms with Crippen LogP contribution in [0.1, 0.15) is 44.7 Å². The summed E-state index contributed by atoms with van der Waals surface area (Å²) in [5.74, 6) is 0.370. The fourth-order valence-corrected chi connectivity index (χ4v) is 3.89. The van der Waals surface area contributed by atoms with E-state index in [1.807, 2.05) is 43.9 Å². The predicted molar refractivity (Wildman–Crippen MR) is 115 cm³/mol. The van der Waals surface area contributed by atoms with Crippen LogP contribution in [-0.2, 0) is 4.79 Å². The third kappa shape index (κ3) is 3.11. The lowest BCUT2D eigenvalue weighted by Crippen LogP contribution is -2.44. The Morgan fingerprint density at radius 1 is 1.07 bits per heavy atom. The van der Waals surface area contributed by atoms with Crippen molar-refractivity contribution in [1.29, 1.82) is 0 Å². The third-order valence-corrected chi connectivity index (χ3v) is 5.41. The van der Waals surface area contributed by atoms with Gasteiger partial charge in [0.2, 0.25) is 0 Å². The molecule has 0 unspecified atom stereocenters. The minimum atomic E-state index is -0.789. The van der Waals surface area contributed by atoms with Crippen LogP contribution in [0.15, 0.2) is 42.5 Å². The molecule has 5 heteroatoms. The van der Waals surface area contributed by atoms with E-state index >= 15 is 0 Å². The predicted octanol–water partition coefficient (Wildman–Crippen LogP) is 5.59. The molecular formula is C22H23N3OS. The van der Waals surface area contributed by atoms with Gasteiger partial charge in [0.15, 0.2) is 10.8 Å². The number of rotatable bonds is 3. The second kappa shape index (κ2) is 6.79. The van der Waals surface area contributed by atoms with Crippen LogP contribution in [0.3, 0.4) is 0 Å². The van der Waals surface area contributed by atoms with Crippen molar-refractivity contribution in [2.45, 2.75) is 46.1 Å². The lowest BCUT2D eigenvalue weighted by atomic mass is 10.0. The van der Waals surface area contributed by atoms with Gasteiger partial charge in [-0.15, -0.1) is 0 Å². The average molecular weight is 378 g/mol. The number of anilines is 2. The molecule has 1 aliphatic rings. The summed E-state index contributed by atoms with van der Waals surface area (Å²) in [6.07, 6.45) is 0. The van der Waals surface area contributed by atoms with E-state index in [2.05, 4.69) is 30.8 Å². The first kappa shape index (κ1) is 19.1. The zero-order valence-electron chi connectivity index (χ0n) is 16.3. The van der Waals surface area contributed by atoms with Crippen LogP contribution in [0.25, 0.3) is 4.85 Å². The zero-order chi connectivity index (χ0) is 19.9. The van der Waals surface area contributed by atoms with Gasteiger partial charge >= 0.3 is 0 Å². The van der Waals surface area contributed by atoms with Crippen LogP contribution < -0.4 is 9.80 Å². The molecule has 1 saturated heterocycles. The van der Waals surface area contributed by atoms with Gasteiger partial charge in [-0.1, -0.05) is 32.0 Å². The molecule has 0 atom stereocenters. The quantitative estimate of drug-likeness (QED) is 0.516. The van der Waals surface area contributed by atoms with Crippen molar-refractivity contribution < 1.29 is 4.79 Å². The smallest absolute Gasteiger partial charge is 0.259 e. The van der Waals surface area contributed by atoms with E-state index in [4.69, 9.17) is 18.8 Å². The second-order valence-electron chi connectivity index (χ2n) is 7.65. The molecule has 1 heterocycles. The average Bonchev–Trinajstić information content (AvgIpc) is 2.79. The molecule has 3 rings (SSSR count). The summed E-state index contributed by atoms with van der Waals surface area (Å²) in [7, 11) is 0. The van der Waals surface area contributed by atoms with Crippen molar-refractivity contribution in [1.82, 2.24) is 0 Å². The van der Waals surface area contributed by atoms with Crippen LogP contribution in [0, 0.1) is 13.5 Å². The maximum absolute atomic E-state index is 13.2. The van der Waals surface area contributed by atoms with E-state index in [1.54, 1.807) is 17.0 Å². The Morgan fingerprint density at radius 3 is 2.19 bits per heavy atom. The van der Waals surface area contributed by atoms with Gasteiger partial charge in [-0.25, -0.2) is 4.85 Å². The topological polar surface area (TPSA) is 27.9 Å². The largest absolute Gasteiger partial charge is 0.304 e. The summed E-state index contributed by atoms with van der Waals surface area (Å²) in [4.78, 5) is 20.2. The van der Waals surface area contributed by atoms with Gasteiger partial charge in [0.25, 0.3) is 5.91 Å². The molecule has 1 aliphatic heterocycles. The van der Waals surface area contributed by atoms with Gasteiger partial charge in [0.05, 0.1) is 6.57 Å². The monoisotopic (exact) mass is 377 g/mol. The molecule has 1 amide bonds. The number of carbonyl (C=O) groups is 1. The van der Waals surface area contributed by atoms with Crippen LogP contribution in [0.5, 0.6) is 0 Å². The van der Waals surface area contributed by atoms with Gasteiger partial charge in [0, 0.05) is 11.4 Å². The minimum Gasteiger partial charge on any atom is -0.304 e. The summed E-state index contributed by atoms with van der Waals surface area (Å²) < 4.78 is 0. The first-order valence-electron chi connectivity index (χ1n) is 8.95. The molecule has 4 nitrogen and oxygen atoms in total. The Hall–Kier alpha value is -2.71. The van der Waals surface area contributed by atoms with Crippen molar-refractivity contribution >= 4 is 40.3 Å². The molecule has 0 N–H and O–H groups in total. The second-order valence-corrected chi connectivity index (χ2v) is 8.01. The van der Waals surface area contributed by atoms with Crippen LogP contribution in [-0.4, -0.2) is 16.6 Å². The number of benzene rings is 2. The first-order chi connectivity index (χ1) is 12.7. The maximum atomic E-state index is 13.2. The van der Waals surface area contributed by atoms with Crippen molar-refractivity contribution in [2.75, 3.05) is 9.80 Å². The summed E-state index contributed by atoms with van der Waals surface area (Å²) >= 11 is 5.71. The fourth-order valence-electron chi connectivity index (χ4n) is 3.37. The molecule has 27 heavy (non-hydrogen) atoms. The van der Waals surface area contributed by atoms with Crippen molar-refractivity contribution in [3.05, 3.63) is 65.0 Å². The molecular weight excluding hydrogens is 354 g/mol. The number of hydrogen-bond acceptors (Lipinski definition) is 2. The molecule has 0 aliphatic carbocycles.